The molecule has 0 fully saturated rings. The van der Waals surface area contributed by atoms with Gasteiger partial charge < -0.3 is 24.4 Å². The average Bonchev–Trinajstić information content (AvgIpc) is 2.71. The number of hydrogen-bond acceptors (Lipinski definition) is 5. The molecule has 2 rings (SSSR count). The zero-order valence-electron chi connectivity index (χ0n) is 16.7. The van der Waals surface area contributed by atoms with Gasteiger partial charge in [-0.1, -0.05) is 12.1 Å². The summed E-state index contributed by atoms with van der Waals surface area (Å²) in [4.78, 5) is 25.9. The minimum atomic E-state index is -0.204. The minimum absolute atomic E-state index is 0.0920. The molecule has 0 spiro atoms. The Morgan fingerprint density at radius 1 is 0.929 bits per heavy atom. The number of nitrogens with zero attached hydrogens (tertiary/aromatic N) is 1. The van der Waals surface area contributed by atoms with Crippen molar-refractivity contribution in [2.45, 2.75) is 19.9 Å². The second kappa shape index (κ2) is 10.2. The summed E-state index contributed by atoms with van der Waals surface area (Å²) in [6.07, 6.45) is 0.172. The fourth-order valence-electron chi connectivity index (χ4n) is 2.65. The number of carbonyl (C=O) groups excluding carboxylic acids is 2. The van der Waals surface area contributed by atoms with E-state index in [-0.39, 0.29) is 18.2 Å². The Labute approximate surface area is 165 Å². The third kappa shape index (κ3) is 5.90. The molecule has 1 N–H and O–H groups in total. The van der Waals surface area contributed by atoms with Gasteiger partial charge in [-0.3, -0.25) is 9.59 Å². The van der Waals surface area contributed by atoms with Crippen LogP contribution in [0.4, 0.5) is 5.69 Å². The molecule has 0 aliphatic carbocycles. The average molecular weight is 386 g/mol. The highest BCUT2D eigenvalue weighted by atomic mass is 16.5. The first-order valence-electron chi connectivity index (χ1n) is 8.87. The van der Waals surface area contributed by atoms with E-state index >= 15 is 0 Å². The zero-order chi connectivity index (χ0) is 20.5. The first-order valence-corrected chi connectivity index (χ1v) is 8.87. The third-order valence-electron chi connectivity index (χ3n) is 4.27. The van der Waals surface area contributed by atoms with E-state index in [1.807, 2.05) is 24.3 Å². The molecule has 0 saturated heterocycles. The van der Waals surface area contributed by atoms with Gasteiger partial charge in [0.25, 0.3) is 0 Å². The second-order valence-corrected chi connectivity index (χ2v) is 6.15. The van der Waals surface area contributed by atoms with Crippen LogP contribution in [0.1, 0.15) is 18.9 Å². The Kier molecular flexibility index (Phi) is 7.68. The van der Waals surface area contributed by atoms with Crippen molar-refractivity contribution in [3.63, 3.8) is 0 Å². The second-order valence-electron chi connectivity index (χ2n) is 6.15. The van der Waals surface area contributed by atoms with E-state index in [0.29, 0.717) is 30.3 Å². The lowest BCUT2D eigenvalue weighted by Gasteiger charge is -2.21. The van der Waals surface area contributed by atoms with Crippen LogP contribution in [0.15, 0.2) is 42.5 Å². The molecule has 0 bridgehead atoms. The Balaban J connectivity index is 1.95. The third-order valence-corrected chi connectivity index (χ3v) is 4.27. The normalized spacial score (nSPS) is 10.1. The topological polar surface area (TPSA) is 77.1 Å². The monoisotopic (exact) mass is 386 g/mol. The van der Waals surface area contributed by atoms with E-state index in [1.54, 1.807) is 37.3 Å². The van der Waals surface area contributed by atoms with Crippen LogP contribution in [0, 0.1) is 0 Å². The fraction of sp³-hybridized carbons (Fsp3) is 0.333. The van der Waals surface area contributed by atoms with Gasteiger partial charge >= 0.3 is 0 Å². The van der Waals surface area contributed by atoms with Crippen LogP contribution in [0.3, 0.4) is 0 Å². The number of hydrogen-bond donors (Lipinski definition) is 1. The quantitative estimate of drug-likeness (QED) is 0.717. The van der Waals surface area contributed by atoms with Crippen LogP contribution in [0.2, 0.25) is 0 Å². The van der Waals surface area contributed by atoms with Crippen molar-refractivity contribution in [2.75, 3.05) is 33.2 Å². The predicted molar refractivity (Wildman–Crippen MR) is 107 cm³/mol. The molecule has 0 aliphatic heterocycles. The van der Waals surface area contributed by atoms with Gasteiger partial charge in [0, 0.05) is 32.5 Å². The number of benzene rings is 2. The number of ether oxygens (including phenoxy) is 3. The van der Waals surface area contributed by atoms with Crippen molar-refractivity contribution in [3.05, 3.63) is 48.0 Å². The van der Waals surface area contributed by atoms with Gasteiger partial charge in [-0.15, -0.1) is 0 Å². The molecule has 0 aliphatic rings. The number of carbonyl (C=O) groups is 2. The number of rotatable bonds is 9. The van der Waals surface area contributed by atoms with Gasteiger partial charge in [0.05, 0.1) is 27.0 Å². The van der Waals surface area contributed by atoms with Crippen molar-refractivity contribution >= 4 is 17.5 Å². The predicted octanol–water partition coefficient (Wildman–Crippen LogP) is 3.09. The molecular weight excluding hydrogens is 360 g/mol. The van der Waals surface area contributed by atoms with Crippen molar-refractivity contribution in [3.8, 4) is 17.2 Å². The lowest BCUT2D eigenvalue weighted by molar-refractivity contribution is -0.129. The standard InChI is InChI=1S/C21H26N2O5/c1-15(24)23(14-16-5-7-17(26-2)8-6-16)12-11-21(25)22-19-10-9-18(27-3)13-20(19)28-4/h5-10,13H,11-12,14H2,1-4H3,(H,22,25). The summed E-state index contributed by atoms with van der Waals surface area (Å²) in [7, 11) is 4.69. The number of nitrogens with one attached hydrogen (secondary N) is 1. The summed E-state index contributed by atoms with van der Waals surface area (Å²) < 4.78 is 15.6. The van der Waals surface area contributed by atoms with Crippen molar-refractivity contribution in [2.24, 2.45) is 0 Å². The molecule has 2 amide bonds. The Hall–Kier alpha value is -3.22. The van der Waals surface area contributed by atoms with Gasteiger partial charge in [0.15, 0.2) is 0 Å². The highest BCUT2D eigenvalue weighted by Gasteiger charge is 2.14. The van der Waals surface area contributed by atoms with E-state index in [2.05, 4.69) is 5.32 Å². The first kappa shape index (κ1) is 21.1. The zero-order valence-corrected chi connectivity index (χ0v) is 16.7. The summed E-state index contributed by atoms with van der Waals surface area (Å²) in [5, 5.41) is 2.81. The molecule has 150 valence electrons. The first-order chi connectivity index (χ1) is 13.5. The lowest BCUT2D eigenvalue weighted by atomic mass is 10.2. The molecule has 7 heteroatoms. The van der Waals surface area contributed by atoms with Crippen molar-refractivity contribution in [1.29, 1.82) is 0 Å². The largest absolute Gasteiger partial charge is 0.497 e. The van der Waals surface area contributed by atoms with Gasteiger partial charge in [0.2, 0.25) is 11.8 Å². The SMILES string of the molecule is COc1ccc(CN(CCC(=O)Nc2ccc(OC)cc2OC)C(C)=O)cc1. The highest BCUT2D eigenvalue weighted by molar-refractivity contribution is 5.92. The Morgan fingerprint density at radius 2 is 1.57 bits per heavy atom. The van der Waals surface area contributed by atoms with Crippen LogP contribution in [-0.2, 0) is 16.1 Å². The molecule has 0 radical (unpaired) electrons. The number of anilines is 1. The molecule has 2 aromatic carbocycles. The van der Waals surface area contributed by atoms with E-state index in [0.717, 1.165) is 11.3 Å². The summed E-state index contributed by atoms with van der Waals surface area (Å²) in [6.45, 7) is 2.23. The molecule has 0 aromatic heterocycles. The summed E-state index contributed by atoms with van der Waals surface area (Å²) in [5.41, 5.74) is 1.52. The molecule has 0 atom stereocenters. The highest BCUT2D eigenvalue weighted by Crippen LogP contribution is 2.29. The van der Waals surface area contributed by atoms with Crippen LogP contribution >= 0.6 is 0 Å². The summed E-state index contributed by atoms with van der Waals surface area (Å²) >= 11 is 0. The van der Waals surface area contributed by atoms with Gasteiger partial charge in [-0.2, -0.15) is 0 Å². The van der Waals surface area contributed by atoms with Crippen LogP contribution < -0.4 is 19.5 Å². The molecule has 2 aromatic rings. The van der Waals surface area contributed by atoms with E-state index in [4.69, 9.17) is 14.2 Å². The molecule has 7 nitrogen and oxygen atoms in total. The van der Waals surface area contributed by atoms with Crippen molar-refractivity contribution in [1.82, 2.24) is 4.90 Å². The number of methoxy groups -OCH3 is 3. The van der Waals surface area contributed by atoms with Crippen LogP contribution in [-0.4, -0.2) is 44.6 Å². The maximum Gasteiger partial charge on any atom is 0.226 e. The van der Waals surface area contributed by atoms with Gasteiger partial charge in [-0.05, 0) is 29.8 Å². The van der Waals surface area contributed by atoms with Crippen LogP contribution in [0.25, 0.3) is 0 Å². The molecule has 0 heterocycles. The van der Waals surface area contributed by atoms with Gasteiger partial charge in [-0.25, -0.2) is 0 Å². The maximum absolute atomic E-state index is 12.3. The molecule has 28 heavy (non-hydrogen) atoms. The Bertz CT molecular complexity index is 805. The molecule has 0 unspecified atom stereocenters. The lowest BCUT2D eigenvalue weighted by Crippen LogP contribution is -2.31. The van der Waals surface area contributed by atoms with Gasteiger partial charge in [0.1, 0.15) is 17.2 Å². The van der Waals surface area contributed by atoms with E-state index < -0.39 is 0 Å². The number of amides is 2. The fourth-order valence-corrected chi connectivity index (χ4v) is 2.65. The summed E-state index contributed by atoms with van der Waals surface area (Å²) in [5.74, 6) is 1.60. The minimum Gasteiger partial charge on any atom is -0.497 e. The van der Waals surface area contributed by atoms with E-state index in [1.165, 1.54) is 14.0 Å². The molecular formula is C21H26N2O5. The summed E-state index contributed by atoms with van der Waals surface area (Å²) in [6, 6.07) is 12.6. The smallest absolute Gasteiger partial charge is 0.226 e. The molecule has 0 saturated carbocycles. The Morgan fingerprint density at radius 3 is 2.14 bits per heavy atom. The van der Waals surface area contributed by atoms with Crippen molar-refractivity contribution < 1.29 is 23.8 Å². The van der Waals surface area contributed by atoms with Crippen LogP contribution in [0.5, 0.6) is 17.2 Å². The van der Waals surface area contributed by atoms with E-state index in [9.17, 15) is 9.59 Å². The maximum atomic E-state index is 12.3.